The normalized spacial score (nSPS) is 20.2. The Morgan fingerprint density at radius 2 is 1.06 bits per heavy atom. The molecule has 8 heteroatoms. The van der Waals surface area contributed by atoms with Crippen molar-refractivity contribution in [3.8, 4) is 0 Å². The van der Waals surface area contributed by atoms with Crippen LogP contribution in [-0.2, 0) is 10.1 Å². The fourth-order valence-electron chi connectivity index (χ4n) is 3.94. The summed E-state index contributed by atoms with van der Waals surface area (Å²) >= 11 is 0. The summed E-state index contributed by atoms with van der Waals surface area (Å²) in [6.07, 6.45) is 21.1. The summed E-state index contributed by atoms with van der Waals surface area (Å²) in [6, 6.07) is 6.03. The van der Waals surface area contributed by atoms with Gasteiger partial charge in [0.1, 0.15) is 0 Å². The summed E-state index contributed by atoms with van der Waals surface area (Å²) < 4.78 is 32.1. The zero-order chi connectivity index (χ0) is 23.3. The van der Waals surface area contributed by atoms with Crippen molar-refractivity contribution in [2.75, 3.05) is 0 Å². The Morgan fingerprint density at radius 1 is 0.559 bits per heavy atom. The molecule has 0 aliphatic carbocycles. The molecule has 1 aromatic carbocycles. The highest BCUT2D eigenvalue weighted by Crippen LogP contribution is 2.31. The van der Waals surface area contributed by atoms with Crippen molar-refractivity contribution < 1.29 is 13.0 Å². The fraction of sp³-hybridized carbons (Fsp3) is 0. The molecule has 0 unspecified atom stereocenters. The van der Waals surface area contributed by atoms with Crippen LogP contribution >= 0.6 is 0 Å². The Labute approximate surface area is 195 Å². The molecule has 5 aliphatic heterocycles. The Hall–Kier alpha value is -4.27. The van der Waals surface area contributed by atoms with Gasteiger partial charge in [-0.25, -0.2) is 20.0 Å². The van der Waals surface area contributed by atoms with Gasteiger partial charge in [-0.15, -0.1) is 0 Å². The summed E-state index contributed by atoms with van der Waals surface area (Å²) in [5, 5.41) is 0. The van der Waals surface area contributed by atoms with Crippen molar-refractivity contribution >= 4 is 38.5 Å². The van der Waals surface area contributed by atoms with E-state index in [0.717, 1.165) is 45.4 Å². The van der Waals surface area contributed by atoms with E-state index in [9.17, 15) is 13.0 Å². The van der Waals surface area contributed by atoms with Crippen molar-refractivity contribution in [3.63, 3.8) is 0 Å². The zero-order valence-corrected chi connectivity index (χ0v) is 18.4. The smallest absolute Gasteiger partial charge is 0.282 e. The van der Waals surface area contributed by atoms with Crippen molar-refractivity contribution in [2.45, 2.75) is 4.90 Å². The Morgan fingerprint density at radius 3 is 1.59 bits per heavy atom. The van der Waals surface area contributed by atoms with Gasteiger partial charge < -0.3 is 0 Å². The number of rotatable bonds is 2. The standard InChI is InChI=1S/C26H16N4O3S/c31-34(32,33)24-9-1-16(2-10-24)25-14-23-13-21-6-5-19(28-21)11-17-3-4-18(27-17)12-20-7-8-22(29-20)15-26(25)30-23/h1-15H,(H,31,32,33). The maximum atomic E-state index is 11.4. The van der Waals surface area contributed by atoms with Crippen molar-refractivity contribution in [3.05, 3.63) is 119 Å². The lowest BCUT2D eigenvalue weighted by atomic mass is 10.0. The van der Waals surface area contributed by atoms with Gasteiger partial charge in [-0.05, 0) is 84.5 Å². The average Bonchev–Trinajstić information content (AvgIpc) is 3.58. The summed E-state index contributed by atoms with van der Waals surface area (Å²) in [6.45, 7) is 0. The highest BCUT2D eigenvalue weighted by molar-refractivity contribution is 7.85. The Balaban J connectivity index is 1.47. The molecule has 34 heavy (non-hydrogen) atoms. The van der Waals surface area contributed by atoms with Gasteiger partial charge in [0.15, 0.2) is 0 Å². The van der Waals surface area contributed by atoms with Crippen LogP contribution in [0.3, 0.4) is 0 Å². The van der Waals surface area contributed by atoms with Gasteiger partial charge in [-0.2, -0.15) is 8.42 Å². The molecule has 1 N–H and O–H groups in total. The quantitative estimate of drug-likeness (QED) is 0.658. The highest BCUT2D eigenvalue weighted by Gasteiger charge is 2.19. The molecule has 0 fully saturated rings. The van der Waals surface area contributed by atoms with Crippen molar-refractivity contribution in [1.29, 1.82) is 0 Å². The second kappa shape index (κ2) is 7.65. The van der Waals surface area contributed by atoms with E-state index < -0.39 is 10.1 Å². The molecule has 6 rings (SSSR count). The van der Waals surface area contributed by atoms with Gasteiger partial charge in [0.25, 0.3) is 10.1 Å². The molecule has 5 heterocycles. The molecule has 1 aromatic rings. The second-order valence-electron chi connectivity index (χ2n) is 7.94. The first-order valence-electron chi connectivity index (χ1n) is 10.4. The highest BCUT2D eigenvalue weighted by atomic mass is 32.2. The van der Waals surface area contributed by atoms with E-state index in [1.807, 2.05) is 66.8 Å². The third kappa shape index (κ3) is 3.96. The minimum Gasteiger partial charge on any atom is -0.282 e. The molecule has 0 saturated carbocycles. The number of aliphatic imine (C=N–C) groups is 4. The molecule has 7 nitrogen and oxygen atoms in total. The Kier molecular flexibility index (Phi) is 4.58. The van der Waals surface area contributed by atoms with Crippen LogP contribution in [0.4, 0.5) is 0 Å². The summed E-state index contributed by atoms with van der Waals surface area (Å²) in [5.41, 5.74) is 7.71. The van der Waals surface area contributed by atoms with E-state index in [0.29, 0.717) is 11.4 Å². The lowest BCUT2D eigenvalue weighted by Crippen LogP contribution is -1.98. The van der Waals surface area contributed by atoms with Gasteiger partial charge in [0.2, 0.25) is 0 Å². The molecule has 0 radical (unpaired) electrons. The predicted molar refractivity (Wildman–Crippen MR) is 134 cm³/mol. The van der Waals surface area contributed by atoms with Crippen LogP contribution in [-0.4, -0.2) is 35.8 Å². The monoisotopic (exact) mass is 464 g/mol. The van der Waals surface area contributed by atoms with Crippen LogP contribution in [0, 0.1) is 0 Å². The number of allylic oxidation sites excluding steroid dienone is 12. The minimum absolute atomic E-state index is 0.162. The maximum absolute atomic E-state index is 11.4. The van der Waals surface area contributed by atoms with Gasteiger partial charge in [-0.3, -0.25) is 4.55 Å². The van der Waals surface area contributed by atoms with E-state index in [1.54, 1.807) is 12.1 Å². The van der Waals surface area contributed by atoms with Gasteiger partial charge in [0.05, 0.1) is 50.5 Å². The first-order chi connectivity index (χ1) is 16.4. The molecule has 164 valence electrons. The minimum atomic E-state index is -4.27. The third-order valence-corrected chi connectivity index (χ3v) is 6.37. The van der Waals surface area contributed by atoms with Crippen LogP contribution < -0.4 is 0 Å². The van der Waals surface area contributed by atoms with Crippen LogP contribution in [0.5, 0.6) is 0 Å². The molecule has 0 amide bonds. The molecule has 0 saturated heterocycles. The lowest BCUT2D eigenvalue weighted by Gasteiger charge is -2.05. The van der Waals surface area contributed by atoms with Gasteiger partial charge in [0, 0.05) is 5.57 Å². The summed E-state index contributed by atoms with van der Waals surface area (Å²) in [4.78, 5) is 18.5. The number of hydrogen-bond acceptors (Lipinski definition) is 6. The van der Waals surface area contributed by atoms with E-state index >= 15 is 0 Å². The van der Waals surface area contributed by atoms with Crippen LogP contribution in [0.2, 0.25) is 0 Å². The van der Waals surface area contributed by atoms with E-state index in [4.69, 9.17) is 4.99 Å². The molecule has 0 spiro atoms. The van der Waals surface area contributed by atoms with Crippen molar-refractivity contribution in [1.82, 2.24) is 0 Å². The number of nitrogens with zero attached hydrogens (tertiary/aromatic N) is 4. The number of benzene rings is 1. The van der Waals surface area contributed by atoms with Gasteiger partial charge in [-0.1, -0.05) is 12.1 Å². The fourth-order valence-corrected chi connectivity index (χ4v) is 4.42. The number of hydrogen-bond donors (Lipinski definition) is 1. The largest absolute Gasteiger partial charge is 0.294 e. The zero-order valence-electron chi connectivity index (χ0n) is 17.6. The van der Waals surface area contributed by atoms with Crippen LogP contribution in [0.25, 0.3) is 5.57 Å². The summed E-state index contributed by atoms with van der Waals surface area (Å²) in [5.74, 6) is 0. The van der Waals surface area contributed by atoms with E-state index in [2.05, 4.69) is 15.0 Å². The topological polar surface area (TPSA) is 104 Å². The summed E-state index contributed by atoms with van der Waals surface area (Å²) in [7, 11) is -4.27. The Bertz CT molecular complexity index is 1630. The van der Waals surface area contributed by atoms with E-state index in [-0.39, 0.29) is 4.90 Å². The van der Waals surface area contributed by atoms with E-state index in [1.165, 1.54) is 12.1 Å². The first-order valence-corrected chi connectivity index (χ1v) is 11.9. The third-order valence-electron chi connectivity index (χ3n) is 5.50. The molecular weight excluding hydrogens is 448 g/mol. The predicted octanol–water partition coefficient (Wildman–Crippen LogP) is 4.35. The first kappa shape index (κ1) is 20.3. The average molecular weight is 465 g/mol. The van der Waals surface area contributed by atoms with Crippen LogP contribution in [0.15, 0.2) is 139 Å². The molecule has 8 bridgehead atoms. The van der Waals surface area contributed by atoms with Gasteiger partial charge >= 0.3 is 0 Å². The SMILES string of the molecule is O=S(=O)(O)c1ccc(C2=CC3=NC2=CC2=NC(=CC4=NC(=CC5=NC(=C3)C=C5)C=C4)C=C2)cc1. The maximum Gasteiger partial charge on any atom is 0.294 e. The van der Waals surface area contributed by atoms with Crippen molar-refractivity contribution in [2.24, 2.45) is 20.0 Å². The molecule has 5 aliphatic rings. The second-order valence-corrected chi connectivity index (χ2v) is 9.36. The lowest BCUT2D eigenvalue weighted by molar-refractivity contribution is 0.483. The molecular formula is C26H16N4O3S. The molecule has 0 aromatic heterocycles. The molecule has 0 atom stereocenters. The van der Waals surface area contributed by atoms with Crippen LogP contribution in [0.1, 0.15) is 5.56 Å². The number of fused-ring (bicyclic) bond motifs is 4.